The van der Waals surface area contributed by atoms with E-state index in [2.05, 4.69) is 6.92 Å². The number of hydrogen-bond donors (Lipinski definition) is 1. The summed E-state index contributed by atoms with van der Waals surface area (Å²) in [5, 5.41) is 9.91. The minimum atomic E-state index is -0.108. The predicted molar refractivity (Wildman–Crippen MR) is 82.8 cm³/mol. The van der Waals surface area contributed by atoms with Gasteiger partial charge in [0.1, 0.15) is 0 Å². The maximum Gasteiger partial charge on any atom is 0.166 e. The minimum Gasteiger partial charge on any atom is -0.493 e. The van der Waals surface area contributed by atoms with Crippen LogP contribution in [0.1, 0.15) is 51.0 Å². The van der Waals surface area contributed by atoms with E-state index in [1.165, 1.54) is 32.1 Å². The van der Waals surface area contributed by atoms with Gasteiger partial charge in [0, 0.05) is 16.7 Å². The molecular formula is C16H25ClO3. The lowest BCUT2D eigenvalue weighted by Crippen LogP contribution is -2.03. The van der Waals surface area contributed by atoms with E-state index < -0.39 is 0 Å². The van der Waals surface area contributed by atoms with Crippen molar-refractivity contribution in [3.63, 3.8) is 0 Å². The Bertz CT molecular complexity index is 368. The van der Waals surface area contributed by atoms with Crippen molar-refractivity contribution in [2.24, 2.45) is 0 Å². The molecule has 1 aromatic rings. The van der Waals surface area contributed by atoms with E-state index >= 15 is 0 Å². The van der Waals surface area contributed by atoms with E-state index in [9.17, 15) is 5.11 Å². The molecule has 0 amide bonds. The lowest BCUT2D eigenvalue weighted by Gasteiger charge is -2.14. The summed E-state index contributed by atoms with van der Waals surface area (Å²) in [4.78, 5) is 0. The number of ether oxygens (including phenoxy) is 2. The van der Waals surface area contributed by atoms with E-state index in [-0.39, 0.29) is 6.61 Å². The van der Waals surface area contributed by atoms with E-state index in [1.807, 2.05) is 0 Å². The van der Waals surface area contributed by atoms with Crippen LogP contribution in [0.25, 0.3) is 0 Å². The van der Waals surface area contributed by atoms with Gasteiger partial charge >= 0.3 is 0 Å². The van der Waals surface area contributed by atoms with Gasteiger partial charge in [-0.15, -0.1) is 0 Å². The summed E-state index contributed by atoms with van der Waals surface area (Å²) in [5.41, 5.74) is 0.667. The molecule has 0 aromatic heterocycles. The van der Waals surface area contributed by atoms with Crippen LogP contribution in [0.2, 0.25) is 5.02 Å². The minimum absolute atomic E-state index is 0.108. The molecule has 0 radical (unpaired) electrons. The van der Waals surface area contributed by atoms with Gasteiger partial charge in [0.25, 0.3) is 0 Å². The summed E-state index contributed by atoms with van der Waals surface area (Å²) in [5.74, 6) is 1.18. The zero-order valence-corrected chi connectivity index (χ0v) is 13.2. The fourth-order valence-electron chi connectivity index (χ4n) is 2.11. The maximum atomic E-state index is 9.37. The maximum absolute atomic E-state index is 9.37. The summed E-state index contributed by atoms with van der Waals surface area (Å²) in [6.45, 7) is 2.74. The van der Waals surface area contributed by atoms with Crippen LogP contribution in [0.15, 0.2) is 12.1 Å². The van der Waals surface area contributed by atoms with Crippen molar-refractivity contribution in [3.8, 4) is 11.5 Å². The third-order valence-electron chi connectivity index (χ3n) is 3.23. The number of methoxy groups -OCH3 is 1. The highest BCUT2D eigenvalue weighted by atomic mass is 35.5. The quantitative estimate of drug-likeness (QED) is 0.643. The summed E-state index contributed by atoms with van der Waals surface area (Å²) in [6.07, 6.45) is 7.30. The lowest BCUT2D eigenvalue weighted by molar-refractivity contribution is 0.251. The Morgan fingerprint density at radius 2 is 1.80 bits per heavy atom. The number of rotatable bonds is 10. The van der Waals surface area contributed by atoms with Crippen LogP contribution in [-0.2, 0) is 6.61 Å². The topological polar surface area (TPSA) is 38.7 Å². The number of benzene rings is 1. The molecule has 1 aromatic carbocycles. The molecule has 114 valence electrons. The summed E-state index contributed by atoms with van der Waals surface area (Å²) >= 11 is 5.97. The molecule has 4 heteroatoms. The first-order valence-corrected chi connectivity index (χ1v) is 7.70. The first-order chi connectivity index (χ1) is 9.72. The molecule has 0 aliphatic carbocycles. The van der Waals surface area contributed by atoms with E-state index in [0.717, 1.165) is 6.42 Å². The van der Waals surface area contributed by atoms with Crippen LogP contribution in [0.4, 0.5) is 0 Å². The largest absolute Gasteiger partial charge is 0.493 e. The first-order valence-electron chi connectivity index (χ1n) is 7.33. The number of aliphatic hydroxyl groups excluding tert-OH is 1. The van der Waals surface area contributed by atoms with Gasteiger partial charge < -0.3 is 14.6 Å². The van der Waals surface area contributed by atoms with Crippen LogP contribution in [0.5, 0.6) is 11.5 Å². The zero-order valence-electron chi connectivity index (χ0n) is 12.5. The third-order valence-corrected chi connectivity index (χ3v) is 3.45. The highest BCUT2D eigenvalue weighted by Gasteiger charge is 2.12. The SMILES string of the molecule is CCCCCCCCOc1c(CO)cc(Cl)cc1OC. The standard InChI is InChI=1S/C16H25ClO3/c1-3-4-5-6-7-8-9-20-16-13(12-18)10-14(17)11-15(16)19-2/h10-11,18H,3-9,12H2,1-2H3. The van der Waals surface area contributed by atoms with Crippen LogP contribution >= 0.6 is 11.6 Å². The highest BCUT2D eigenvalue weighted by Crippen LogP contribution is 2.34. The molecule has 20 heavy (non-hydrogen) atoms. The Morgan fingerprint density at radius 1 is 1.10 bits per heavy atom. The second-order valence-corrected chi connectivity index (χ2v) is 5.31. The second kappa shape index (κ2) is 9.89. The fraction of sp³-hybridized carbons (Fsp3) is 0.625. The first kappa shape index (κ1) is 17.1. The Balaban J connectivity index is 2.46. The highest BCUT2D eigenvalue weighted by molar-refractivity contribution is 6.30. The fourth-order valence-corrected chi connectivity index (χ4v) is 2.34. The zero-order chi connectivity index (χ0) is 14.8. The predicted octanol–water partition coefficient (Wildman–Crippen LogP) is 4.58. The lowest BCUT2D eigenvalue weighted by atomic mass is 10.1. The van der Waals surface area contributed by atoms with Gasteiger partial charge in [-0.3, -0.25) is 0 Å². The van der Waals surface area contributed by atoms with Gasteiger partial charge in [-0.25, -0.2) is 0 Å². The summed E-state index contributed by atoms with van der Waals surface area (Å²) in [6, 6.07) is 3.41. The van der Waals surface area contributed by atoms with Gasteiger partial charge in [0.15, 0.2) is 11.5 Å². The van der Waals surface area contributed by atoms with Gasteiger partial charge in [0.05, 0.1) is 20.3 Å². The molecule has 3 nitrogen and oxygen atoms in total. The molecule has 0 aliphatic rings. The monoisotopic (exact) mass is 300 g/mol. The molecule has 0 aliphatic heterocycles. The molecule has 1 N–H and O–H groups in total. The number of halogens is 1. The van der Waals surface area contributed by atoms with E-state index in [0.29, 0.717) is 28.7 Å². The van der Waals surface area contributed by atoms with E-state index in [4.69, 9.17) is 21.1 Å². The molecule has 0 atom stereocenters. The van der Waals surface area contributed by atoms with Crippen LogP contribution in [-0.4, -0.2) is 18.8 Å². The Labute approximate surface area is 126 Å². The summed E-state index contributed by atoms with van der Waals surface area (Å²) in [7, 11) is 1.57. The van der Waals surface area contributed by atoms with Crippen molar-refractivity contribution in [1.29, 1.82) is 0 Å². The average molecular weight is 301 g/mol. The molecule has 0 heterocycles. The second-order valence-electron chi connectivity index (χ2n) is 4.87. The Morgan fingerprint density at radius 3 is 2.45 bits per heavy atom. The average Bonchev–Trinajstić information content (AvgIpc) is 2.46. The van der Waals surface area contributed by atoms with E-state index in [1.54, 1.807) is 19.2 Å². The smallest absolute Gasteiger partial charge is 0.166 e. The normalized spacial score (nSPS) is 10.6. The van der Waals surface area contributed by atoms with Gasteiger partial charge in [0.2, 0.25) is 0 Å². The molecule has 0 bridgehead atoms. The third kappa shape index (κ3) is 5.59. The molecule has 0 saturated heterocycles. The number of aliphatic hydroxyl groups is 1. The van der Waals surface area contributed by atoms with Crippen LogP contribution in [0.3, 0.4) is 0 Å². The Kier molecular flexibility index (Phi) is 8.47. The summed E-state index contributed by atoms with van der Waals surface area (Å²) < 4.78 is 11.0. The van der Waals surface area contributed by atoms with Gasteiger partial charge in [-0.2, -0.15) is 0 Å². The van der Waals surface area contributed by atoms with Crippen LogP contribution < -0.4 is 9.47 Å². The van der Waals surface area contributed by atoms with Crippen molar-refractivity contribution >= 4 is 11.6 Å². The molecule has 0 unspecified atom stereocenters. The van der Waals surface area contributed by atoms with Gasteiger partial charge in [-0.1, -0.05) is 50.6 Å². The molecule has 0 saturated carbocycles. The van der Waals surface area contributed by atoms with Crippen molar-refractivity contribution in [2.45, 2.75) is 52.1 Å². The van der Waals surface area contributed by atoms with Crippen molar-refractivity contribution in [3.05, 3.63) is 22.7 Å². The van der Waals surface area contributed by atoms with Crippen molar-refractivity contribution in [2.75, 3.05) is 13.7 Å². The van der Waals surface area contributed by atoms with Crippen LogP contribution in [0, 0.1) is 0 Å². The number of hydrogen-bond acceptors (Lipinski definition) is 3. The molecule has 0 fully saturated rings. The van der Waals surface area contributed by atoms with Crippen molar-refractivity contribution < 1.29 is 14.6 Å². The van der Waals surface area contributed by atoms with Gasteiger partial charge in [-0.05, 0) is 12.5 Å². The Hall–Kier alpha value is -0.930. The molecule has 0 spiro atoms. The molecule has 1 rings (SSSR count). The molecular weight excluding hydrogens is 276 g/mol. The number of unbranched alkanes of at least 4 members (excludes halogenated alkanes) is 5. The van der Waals surface area contributed by atoms with Crippen molar-refractivity contribution in [1.82, 2.24) is 0 Å².